The third kappa shape index (κ3) is 3.37. The summed E-state index contributed by atoms with van der Waals surface area (Å²) in [6.07, 6.45) is 1.26. The summed E-state index contributed by atoms with van der Waals surface area (Å²) in [4.78, 5) is 1.85. The molecule has 106 valence electrons. The molecule has 2 rings (SSSR count). The van der Waals surface area contributed by atoms with Crippen LogP contribution in [-0.4, -0.2) is 43.2 Å². The first-order valence-electron chi connectivity index (χ1n) is 5.86. The molecule has 19 heavy (non-hydrogen) atoms. The maximum absolute atomic E-state index is 11.9. The van der Waals surface area contributed by atoms with Crippen molar-refractivity contribution in [1.29, 1.82) is 0 Å². The van der Waals surface area contributed by atoms with E-state index in [0.717, 1.165) is 11.4 Å². The molecule has 1 aliphatic heterocycles. The van der Waals surface area contributed by atoms with Crippen molar-refractivity contribution in [2.45, 2.75) is 12.0 Å². The van der Waals surface area contributed by atoms with Gasteiger partial charge in [-0.1, -0.05) is 11.6 Å². The molecular weight excluding hydrogens is 306 g/mol. The number of halogens is 1. The highest BCUT2D eigenvalue weighted by Gasteiger charge is 2.32. The Bertz CT molecular complexity index is 562. The van der Waals surface area contributed by atoms with Crippen LogP contribution in [0.25, 0.3) is 0 Å². The third-order valence-corrected chi connectivity index (χ3v) is 5.98. The van der Waals surface area contributed by atoms with Crippen molar-refractivity contribution in [3.8, 4) is 0 Å². The summed E-state index contributed by atoms with van der Waals surface area (Å²) in [5.74, 6) is 1.42. The van der Waals surface area contributed by atoms with Crippen LogP contribution in [0.1, 0.15) is 5.56 Å². The zero-order chi connectivity index (χ0) is 14.0. The minimum Gasteiger partial charge on any atom is -0.392 e. The SMILES string of the molecule is CS(=O)(=O)C1CSCCN1c1ccc(Cl)cc1CO. The standard InChI is InChI=1S/C12H16ClNO3S2/c1-19(16,17)12-8-18-5-4-14(12)11-3-2-10(13)6-9(11)7-15/h2-3,6,12,15H,4-5,7-8H2,1H3. The van der Waals surface area contributed by atoms with Crippen molar-refractivity contribution in [2.24, 2.45) is 0 Å². The number of aliphatic hydroxyl groups excluding tert-OH is 1. The van der Waals surface area contributed by atoms with Crippen molar-refractivity contribution in [3.05, 3.63) is 28.8 Å². The predicted octanol–water partition coefficient (Wildman–Crippen LogP) is 1.76. The quantitative estimate of drug-likeness (QED) is 0.919. The normalized spacial score (nSPS) is 20.6. The monoisotopic (exact) mass is 321 g/mol. The summed E-state index contributed by atoms with van der Waals surface area (Å²) < 4.78 is 23.8. The lowest BCUT2D eigenvalue weighted by Gasteiger charge is -2.37. The molecule has 7 heteroatoms. The zero-order valence-electron chi connectivity index (χ0n) is 10.5. The molecule has 1 atom stereocenters. The molecule has 1 unspecified atom stereocenters. The summed E-state index contributed by atoms with van der Waals surface area (Å²) in [5, 5.41) is 9.42. The number of hydrogen-bond donors (Lipinski definition) is 1. The van der Waals surface area contributed by atoms with Crippen molar-refractivity contribution >= 4 is 38.9 Å². The molecule has 0 radical (unpaired) electrons. The Kier molecular flexibility index (Phi) is 4.66. The highest BCUT2D eigenvalue weighted by atomic mass is 35.5. The number of benzene rings is 1. The topological polar surface area (TPSA) is 57.6 Å². The molecule has 1 aliphatic rings. The minimum absolute atomic E-state index is 0.157. The summed E-state index contributed by atoms with van der Waals surface area (Å²) >= 11 is 7.54. The van der Waals surface area contributed by atoms with Gasteiger partial charge in [0, 0.05) is 40.6 Å². The smallest absolute Gasteiger partial charge is 0.169 e. The van der Waals surface area contributed by atoms with Crippen LogP contribution >= 0.6 is 23.4 Å². The van der Waals surface area contributed by atoms with Crippen LogP contribution in [0.3, 0.4) is 0 Å². The van der Waals surface area contributed by atoms with E-state index in [2.05, 4.69) is 0 Å². The van der Waals surface area contributed by atoms with Gasteiger partial charge in [0.25, 0.3) is 0 Å². The van der Waals surface area contributed by atoms with Gasteiger partial charge in [-0.15, -0.1) is 0 Å². The van der Waals surface area contributed by atoms with Crippen LogP contribution in [0, 0.1) is 0 Å². The number of thioether (sulfide) groups is 1. The fourth-order valence-electron chi connectivity index (χ4n) is 2.17. The molecule has 0 spiro atoms. The summed E-state index contributed by atoms with van der Waals surface area (Å²) in [5.41, 5.74) is 1.41. The van der Waals surface area contributed by atoms with E-state index < -0.39 is 15.2 Å². The average molecular weight is 322 g/mol. The summed E-state index contributed by atoms with van der Waals surface area (Å²) in [6.45, 7) is 0.493. The minimum atomic E-state index is -3.17. The van der Waals surface area contributed by atoms with Crippen LogP contribution < -0.4 is 4.90 Å². The second kappa shape index (κ2) is 5.91. The highest BCUT2D eigenvalue weighted by Crippen LogP contribution is 2.31. The van der Waals surface area contributed by atoms with Gasteiger partial charge < -0.3 is 10.0 Å². The molecular formula is C12H16ClNO3S2. The summed E-state index contributed by atoms with van der Waals surface area (Å²) in [7, 11) is -3.17. The Morgan fingerprint density at radius 1 is 1.53 bits per heavy atom. The average Bonchev–Trinajstić information content (AvgIpc) is 2.37. The number of hydrogen-bond acceptors (Lipinski definition) is 5. The maximum atomic E-state index is 11.9. The molecule has 0 aliphatic carbocycles. The Morgan fingerprint density at radius 2 is 2.26 bits per heavy atom. The Morgan fingerprint density at radius 3 is 2.89 bits per heavy atom. The van der Waals surface area contributed by atoms with Gasteiger partial charge in [-0.2, -0.15) is 11.8 Å². The van der Waals surface area contributed by atoms with E-state index >= 15 is 0 Å². The number of aliphatic hydroxyl groups is 1. The van der Waals surface area contributed by atoms with Crippen LogP contribution in [0.2, 0.25) is 5.02 Å². The fraction of sp³-hybridized carbons (Fsp3) is 0.500. The Labute approximate surface area is 122 Å². The second-order valence-corrected chi connectivity index (χ2v) is 8.27. The van der Waals surface area contributed by atoms with Crippen molar-refractivity contribution in [2.75, 3.05) is 29.2 Å². The lowest BCUT2D eigenvalue weighted by molar-refractivity contribution is 0.282. The number of anilines is 1. The molecule has 1 aromatic rings. The van der Waals surface area contributed by atoms with E-state index in [4.69, 9.17) is 11.6 Å². The summed E-state index contributed by atoms with van der Waals surface area (Å²) in [6, 6.07) is 5.18. The number of sulfone groups is 1. The van der Waals surface area contributed by atoms with E-state index in [-0.39, 0.29) is 6.61 Å². The van der Waals surface area contributed by atoms with Crippen LogP contribution in [0.15, 0.2) is 18.2 Å². The van der Waals surface area contributed by atoms with Gasteiger partial charge >= 0.3 is 0 Å². The van der Waals surface area contributed by atoms with Gasteiger partial charge in [-0.05, 0) is 18.2 Å². The fourth-order valence-corrected chi connectivity index (χ4v) is 5.20. The molecule has 0 bridgehead atoms. The molecule has 1 saturated heterocycles. The van der Waals surface area contributed by atoms with E-state index in [1.165, 1.54) is 6.26 Å². The third-order valence-electron chi connectivity index (χ3n) is 3.10. The Balaban J connectivity index is 2.43. The molecule has 0 aromatic heterocycles. The highest BCUT2D eigenvalue weighted by molar-refractivity contribution is 8.01. The molecule has 1 N–H and O–H groups in total. The van der Waals surface area contributed by atoms with Crippen LogP contribution in [0.4, 0.5) is 5.69 Å². The van der Waals surface area contributed by atoms with E-state index in [9.17, 15) is 13.5 Å². The zero-order valence-corrected chi connectivity index (χ0v) is 12.9. The lowest BCUT2D eigenvalue weighted by atomic mass is 10.1. The number of rotatable bonds is 3. The van der Waals surface area contributed by atoms with Gasteiger partial charge in [0.1, 0.15) is 5.37 Å². The molecule has 1 heterocycles. The molecule has 0 saturated carbocycles. The van der Waals surface area contributed by atoms with E-state index in [0.29, 0.717) is 22.9 Å². The van der Waals surface area contributed by atoms with Crippen LogP contribution in [-0.2, 0) is 16.4 Å². The molecule has 4 nitrogen and oxygen atoms in total. The van der Waals surface area contributed by atoms with Gasteiger partial charge in [-0.3, -0.25) is 0 Å². The van der Waals surface area contributed by atoms with E-state index in [1.807, 2.05) is 4.90 Å². The van der Waals surface area contributed by atoms with Crippen LogP contribution in [0.5, 0.6) is 0 Å². The first-order chi connectivity index (χ1) is 8.93. The number of nitrogens with zero attached hydrogens (tertiary/aromatic N) is 1. The van der Waals surface area contributed by atoms with E-state index in [1.54, 1.807) is 30.0 Å². The lowest BCUT2D eigenvalue weighted by Crippen LogP contribution is -2.47. The largest absolute Gasteiger partial charge is 0.392 e. The first kappa shape index (κ1) is 15.0. The van der Waals surface area contributed by atoms with Gasteiger partial charge in [0.05, 0.1) is 6.61 Å². The Hall–Kier alpha value is -0.430. The van der Waals surface area contributed by atoms with Gasteiger partial charge in [0.2, 0.25) is 0 Å². The predicted molar refractivity (Wildman–Crippen MR) is 80.7 cm³/mol. The van der Waals surface area contributed by atoms with Gasteiger partial charge in [-0.25, -0.2) is 8.42 Å². The molecule has 0 amide bonds. The molecule has 1 aromatic carbocycles. The van der Waals surface area contributed by atoms with Crippen molar-refractivity contribution in [3.63, 3.8) is 0 Å². The second-order valence-electron chi connectivity index (χ2n) is 4.48. The van der Waals surface area contributed by atoms with Crippen molar-refractivity contribution < 1.29 is 13.5 Å². The first-order valence-corrected chi connectivity index (χ1v) is 9.34. The maximum Gasteiger partial charge on any atom is 0.169 e. The molecule has 1 fully saturated rings. The van der Waals surface area contributed by atoms with Gasteiger partial charge in [0.15, 0.2) is 9.84 Å². The van der Waals surface area contributed by atoms with Crippen molar-refractivity contribution in [1.82, 2.24) is 0 Å².